The molecule has 0 saturated carbocycles. The molecule has 0 saturated heterocycles. The average Bonchev–Trinajstić information content (AvgIpc) is 2.91. The third-order valence-electron chi connectivity index (χ3n) is 6.59. The summed E-state index contributed by atoms with van der Waals surface area (Å²) in [6.45, 7) is 1.91. The second kappa shape index (κ2) is 11.2. The van der Waals surface area contributed by atoms with Crippen LogP contribution in [0, 0.1) is 18.6 Å². The van der Waals surface area contributed by atoms with Crippen molar-refractivity contribution >= 4 is 11.7 Å². The standard InChI is InChI=1S/C30H26F2N2O4/c1-18-7-4-5-8-21(18)24(16-27(33-37)20-12-14-28(35)34(2)17-20)23-13-11-19(15-26(23)32)22-9-6-10-25(31)29(22)30(36)38-3/h4-15,17,24,37H,16H2,1-3H3. The molecule has 0 radical (unpaired) electrons. The number of rotatable bonds is 7. The van der Waals surface area contributed by atoms with E-state index in [0.717, 1.165) is 24.3 Å². The monoisotopic (exact) mass is 516 g/mol. The van der Waals surface area contributed by atoms with Gasteiger partial charge >= 0.3 is 5.97 Å². The quantitative estimate of drug-likeness (QED) is 0.145. The first kappa shape index (κ1) is 26.5. The number of carbonyl (C=O) groups is 1. The van der Waals surface area contributed by atoms with E-state index in [2.05, 4.69) is 5.16 Å². The fourth-order valence-electron chi connectivity index (χ4n) is 4.59. The summed E-state index contributed by atoms with van der Waals surface area (Å²) in [5, 5.41) is 13.4. The van der Waals surface area contributed by atoms with Crippen LogP contribution in [-0.2, 0) is 11.8 Å². The summed E-state index contributed by atoms with van der Waals surface area (Å²) in [6, 6.07) is 19.0. The number of methoxy groups -OCH3 is 1. The molecular weight excluding hydrogens is 490 g/mol. The van der Waals surface area contributed by atoms with Crippen LogP contribution in [0.4, 0.5) is 8.78 Å². The van der Waals surface area contributed by atoms with E-state index < -0.39 is 23.5 Å². The van der Waals surface area contributed by atoms with Gasteiger partial charge < -0.3 is 14.5 Å². The normalized spacial score (nSPS) is 12.3. The summed E-state index contributed by atoms with van der Waals surface area (Å²) in [7, 11) is 2.74. The van der Waals surface area contributed by atoms with Crippen LogP contribution in [0.5, 0.6) is 0 Å². The van der Waals surface area contributed by atoms with E-state index in [4.69, 9.17) is 4.74 Å². The highest BCUT2D eigenvalue weighted by atomic mass is 19.1. The third kappa shape index (κ3) is 5.25. The summed E-state index contributed by atoms with van der Waals surface area (Å²) in [5.74, 6) is -2.76. The number of ether oxygens (including phenoxy) is 1. The number of aryl methyl sites for hydroxylation is 2. The Labute approximate surface area is 218 Å². The Morgan fingerprint density at radius 2 is 1.76 bits per heavy atom. The predicted molar refractivity (Wildman–Crippen MR) is 141 cm³/mol. The highest BCUT2D eigenvalue weighted by Crippen LogP contribution is 2.36. The van der Waals surface area contributed by atoms with Gasteiger partial charge in [-0.05, 0) is 52.9 Å². The molecule has 4 aromatic rings. The number of oxime groups is 1. The van der Waals surface area contributed by atoms with Crippen molar-refractivity contribution in [3.8, 4) is 11.1 Å². The van der Waals surface area contributed by atoms with Crippen molar-refractivity contribution in [3.05, 3.63) is 129 Å². The van der Waals surface area contributed by atoms with Gasteiger partial charge in [0, 0.05) is 37.2 Å². The van der Waals surface area contributed by atoms with Gasteiger partial charge in [0.1, 0.15) is 17.2 Å². The van der Waals surface area contributed by atoms with E-state index >= 15 is 4.39 Å². The summed E-state index contributed by atoms with van der Waals surface area (Å²) in [5.41, 5.74) is 2.88. The molecular formula is C30H26F2N2O4. The Balaban J connectivity index is 1.82. The van der Waals surface area contributed by atoms with Gasteiger partial charge in [0.05, 0.1) is 12.8 Å². The SMILES string of the molecule is COC(=O)c1c(F)cccc1-c1ccc(C(CC(=NO)c2ccc(=O)n(C)c2)c2ccccc2C)c(F)c1. The predicted octanol–water partition coefficient (Wildman–Crippen LogP) is 5.83. The van der Waals surface area contributed by atoms with Crippen molar-refractivity contribution in [2.75, 3.05) is 7.11 Å². The molecule has 1 N–H and O–H groups in total. The van der Waals surface area contributed by atoms with Crippen LogP contribution in [0.3, 0.4) is 0 Å². The smallest absolute Gasteiger partial charge is 0.341 e. The minimum Gasteiger partial charge on any atom is -0.465 e. The Bertz CT molecular complexity index is 1590. The van der Waals surface area contributed by atoms with Gasteiger partial charge in [-0.15, -0.1) is 0 Å². The molecule has 194 valence electrons. The zero-order valence-corrected chi connectivity index (χ0v) is 21.1. The van der Waals surface area contributed by atoms with Gasteiger partial charge in [-0.2, -0.15) is 0 Å². The molecule has 8 heteroatoms. The maximum absolute atomic E-state index is 15.8. The van der Waals surface area contributed by atoms with Crippen LogP contribution in [0.15, 0.2) is 88.9 Å². The summed E-state index contributed by atoms with van der Waals surface area (Å²) >= 11 is 0. The van der Waals surface area contributed by atoms with Gasteiger partial charge in [-0.25, -0.2) is 13.6 Å². The number of carbonyl (C=O) groups excluding carboxylic acids is 1. The van der Waals surface area contributed by atoms with E-state index in [0.29, 0.717) is 16.7 Å². The molecule has 38 heavy (non-hydrogen) atoms. The topological polar surface area (TPSA) is 80.9 Å². The largest absolute Gasteiger partial charge is 0.465 e. The minimum absolute atomic E-state index is 0.128. The first-order valence-electron chi connectivity index (χ1n) is 11.8. The molecule has 0 aliphatic rings. The van der Waals surface area contributed by atoms with E-state index in [1.807, 2.05) is 31.2 Å². The first-order valence-corrected chi connectivity index (χ1v) is 11.8. The molecule has 0 amide bonds. The summed E-state index contributed by atoms with van der Waals surface area (Å²) in [6.07, 6.45) is 1.69. The Morgan fingerprint density at radius 1 is 1.00 bits per heavy atom. The third-order valence-corrected chi connectivity index (χ3v) is 6.59. The summed E-state index contributed by atoms with van der Waals surface area (Å²) in [4.78, 5) is 24.1. The highest BCUT2D eigenvalue weighted by Gasteiger charge is 2.25. The maximum Gasteiger partial charge on any atom is 0.341 e. The van der Waals surface area contributed by atoms with Crippen molar-refractivity contribution < 1.29 is 23.5 Å². The van der Waals surface area contributed by atoms with E-state index in [-0.39, 0.29) is 28.8 Å². The number of nitrogens with zero attached hydrogens (tertiary/aromatic N) is 2. The van der Waals surface area contributed by atoms with Crippen molar-refractivity contribution in [2.45, 2.75) is 19.3 Å². The number of benzene rings is 3. The summed E-state index contributed by atoms with van der Waals surface area (Å²) < 4.78 is 36.4. The first-order chi connectivity index (χ1) is 18.2. The van der Waals surface area contributed by atoms with Crippen LogP contribution in [0.2, 0.25) is 0 Å². The van der Waals surface area contributed by atoms with Gasteiger partial charge in [0.25, 0.3) is 0 Å². The van der Waals surface area contributed by atoms with Crippen LogP contribution in [0.25, 0.3) is 11.1 Å². The number of pyridine rings is 1. The zero-order valence-electron chi connectivity index (χ0n) is 21.1. The Kier molecular flexibility index (Phi) is 7.81. The van der Waals surface area contributed by atoms with Gasteiger partial charge in [0.15, 0.2) is 0 Å². The lowest BCUT2D eigenvalue weighted by Crippen LogP contribution is -2.18. The molecule has 1 heterocycles. The average molecular weight is 517 g/mol. The second-order valence-corrected chi connectivity index (χ2v) is 8.92. The molecule has 0 bridgehead atoms. The Morgan fingerprint density at radius 3 is 2.42 bits per heavy atom. The number of aromatic nitrogens is 1. The lowest BCUT2D eigenvalue weighted by molar-refractivity contribution is 0.0596. The molecule has 0 aliphatic heterocycles. The molecule has 4 rings (SSSR count). The van der Waals surface area contributed by atoms with Gasteiger partial charge in [-0.1, -0.05) is 53.7 Å². The lowest BCUT2D eigenvalue weighted by Gasteiger charge is -2.22. The van der Waals surface area contributed by atoms with Crippen LogP contribution < -0.4 is 5.56 Å². The van der Waals surface area contributed by atoms with E-state index in [1.165, 1.54) is 28.8 Å². The molecule has 1 atom stereocenters. The molecule has 0 aliphatic carbocycles. The number of hydrogen-bond acceptors (Lipinski definition) is 5. The van der Waals surface area contributed by atoms with Crippen LogP contribution >= 0.6 is 0 Å². The van der Waals surface area contributed by atoms with E-state index in [1.54, 1.807) is 31.4 Å². The zero-order chi connectivity index (χ0) is 27.4. The molecule has 0 spiro atoms. The fourth-order valence-corrected chi connectivity index (χ4v) is 4.59. The van der Waals surface area contributed by atoms with Crippen molar-refractivity contribution in [1.82, 2.24) is 4.57 Å². The van der Waals surface area contributed by atoms with Crippen molar-refractivity contribution in [2.24, 2.45) is 12.2 Å². The lowest BCUT2D eigenvalue weighted by atomic mass is 9.82. The van der Waals surface area contributed by atoms with Crippen molar-refractivity contribution in [1.29, 1.82) is 0 Å². The van der Waals surface area contributed by atoms with Crippen molar-refractivity contribution in [3.63, 3.8) is 0 Å². The van der Waals surface area contributed by atoms with Gasteiger partial charge in [0.2, 0.25) is 5.56 Å². The Hall–Kier alpha value is -4.59. The number of esters is 1. The maximum atomic E-state index is 15.8. The van der Waals surface area contributed by atoms with Crippen LogP contribution in [-0.4, -0.2) is 28.6 Å². The fraction of sp³-hybridized carbons (Fsp3) is 0.167. The second-order valence-electron chi connectivity index (χ2n) is 8.92. The number of halogens is 2. The minimum atomic E-state index is -0.860. The van der Waals surface area contributed by atoms with Crippen LogP contribution in [0.1, 0.15) is 45.0 Å². The molecule has 0 fully saturated rings. The molecule has 3 aromatic carbocycles. The molecule has 6 nitrogen and oxygen atoms in total. The van der Waals surface area contributed by atoms with Gasteiger partial charge in [-0.3, -0.25) is 4.79 Å². The molecule has 1 aromatic heterocycles. The highest BCUT2D eigenvalue weighted by molar-refractivity contribution is 6.01. The van der Waals surface area contributed by atoms with E-state index in [9.17, 15) is 19.2 Å². The molecule has 1 unspecified atom stereocenters. The number of hydrogen-bond donors (Lipinski definition) is 1.